The molecule has 2 rings (SSSR count). The van der Waals surface area contributed by atoms with Crippen LogP contribution in [-0.4, -0.2) is 22.1 Å². The lowest BCUT2D eigenvalue weighted by atomic mass is 10.1. The summed E-state index contributed by atoms with van der Waals surface area (Å²) in [5, 5.41) is 3.64. The number of alkyl halides is 3. The summed E-state index contributed by atoms with van der Waals surface area (Å²) in [5.74, 6) is 0.361. The summed E-state index contributed by atoms with van der Waals surface area (Å²) in [6.07, 6.45) is -1.67. The number of pyridine rings is 1. The summed E-state index contributed by atoms with van der Waals surface area (Å²) >= 11 is 1.14. The number of halogens is 3. The van der Waals surface area contributed by atoms with Gasteiger partial charge in [0, 0.05) is 25.4 Å². The van der Waals surface area contributed by atoms with Crippen molar-refractivity contribution in [1.82, 2.24) is 9.36 Å². The SMILES string of the molecule is Nc1nsc(NCCCC(F)(F)F)c1-c1ccncc1. The number of rotatable bonds is 5. The zero-order chi connectivity index (χ0) is 14.6. The van der Waals surface area contributed by atoms with Crippen LogP contribution in [0.1, 0.15) is 12.8 Å². The van der Waals surface area contributed by atoms with Crippen molar-refractivity contribution in [3.63, 3.8) is 0 Å². The third kappa shape index (κ3) is 3.83. The summed E-state index contributed by atoms with van der Waals surface area (Å²) < 4.78 is 40.2. The van der Waals surface area contributed by atoms with Gasteiger partial charge in [0.1, 0.15) is 10.8 Å². The van der Waals surface area contributed by atoms with Gasteiger partial charge in [-0.2, -0.15) is 17.5 Å². The van der Waals surface area contributed by atoms with Crippen molar-refractivity contribution in [2.24, 2.45) is 0 Å². The van der Waals surface area contributed by atoms with Gasteiger partial charge < -0.3 is 11.1 Å². The fourth-order valence-electron chi connectivity index (χ4n) is 1.71. The van der Waals surface area contributed by atoms with E-state index in [1.54, 1.807) is 24.5 Å². The van der Waals surface area contributed by atoms with Crippen molar-refractivity contribution in [3.8, 4) is 11.1 Å². The van der Waals surface area contributed by atoms with E-state index in [1.165, 1.54) is 0 Å². The molecule has 0 bridgehead atoms. The maximum absolute atomic E-state index is 12.1. The minimum absolute atomic E-state index is 0.0110. The molecule has 108 valence electrons. The average Bonchev–Trinajstić information content (AvgIpc) is 2.76. The normalized spacial score (nSPS) is 11.6. The van der Waals surface area contributed by atoms with Gasteiger partial charge >= 0.3 is 6.18 Å². The lowest BCUT2D eigenvalue weighted by Crippen LogP contribution is -2.10. The van der Waals surface area contributed by atoms with Gasteiger partial charge in [-0.3, -0.25) is 4.98 Å². The molecule has 0 aliphatic rings. The Labute approximate surface area is 118 Å². The molecule has 2 aromatic rings. The second-order valence-corrected chi connectivity index (χ2v) is 4.93. The number of nitrogens with zero attached hydrogens (tertiary/aromatic N) is 2. The molecule has 4 nitrogen and oxygen atoms in total. The molecular formula is C12H13F3N4S. The number of hydrogen-bond donors (Lipinski definition) is 2. The number of anilines is 2. The van der Waals surface area contributed by atoms with E-state index in [0.29, 0.717) is 16.4 Å². The zero-order valence-corrected chi connectivity index (χ0v) is 11.3. The molecule has 0 aromatic carbocycles. The van der Waals surface area contributed by atoms with E-state index < -0.39 is 12.6 Å². The van der Waals surface area contributed by atoms with Gasteiger partial charge in [-0.15, -0.1) is 0 Å². The van der Waals surface area contributed by atoms with Crippen molar-refractivity contribution in [2.75, 3.05) is 17.6 Å². The summed E-state index contributed by atoms with van der Waals surface area (Å²) in [7, 11) is 0. The van der Waals surface area contributed by atoms with Gasteiger partial charge in [0.15, 0.2) is 0 Å². The topological polar surface area (TPSA) is 63.8 Å². The van der Waals surface area contributed by atoms with E-state index >= 15 is 0 Å². The summed E-state index contributed by atoms with van der Waals surface area (Å²) in [6, 6.07) is 3.56. The molecule has 0 fully saturated rings. The predicted molar refractivity (Wildman–Crippen MR) is 73.5 cm³/mol. The lowest BCUT2D eigenvalue weighted by molar-refractivity contribution is -0.134. The molecule has 0 amide bonds. The summed E-state index contributed by atoms with van der Waals surface area (Å²) in [5.41, 5.74) is 7.36. The molecule has 0 spiro atoms. The molecule has 20 heavy (non-hydrogen) atoms. The number of aromatic nitrogens is 2. The molecule has 0 atom stereocenters. The fraction of sp³-hybridized carbons (Fsp3) is 0.333. The van der Waals surface area contributed by atoms with E-state index in [2.05, 4.69) is 14.7 Å². The minimum atomic E-state index is -4.12. The number of nitrogens with two attached hydrogens (primary N) is 1. The van der Waals surface area contributed by atoms with Crippen molar-refractivity contribution in [2.45, 2.75) is 19.0 Å². The standard InChI is InChI=1S/C12H13F3N4S/c13-12(14,15)4-1-5-18-11-9(10(16)19-20-11)8-2-6-17-7-3-8/h2-3,6-7,18H,1,4-5H2,(H2,16,19). The van der Waals surface area contributed by atoms with Crippen LogP contribution in [-0.2, 0) is 0 Å². The van der Waals surface area contributed by atoms with E-state index in [-0.39, 0.29) is 13.0 Å². The van der Waals surface area contributed by atoms with E-state index in [9.17, 15) is 13.2 Å². The third-order valence-electron chi connectivity index (χ3n) is 2.61. The highest BCUT2D eigenvalue weighted by Crippen LogP contribution is 2.36. The second-order valence-electron chi connectivity index (χ2n) is 4.15. The van der Waals surface area contributed by atoms with E-state index in [1.807, 2.05) is 0 Å². The Balaban J connectivity index is 2.03. The zero-order valence-electron chi connectivity index (χ0n) is 10.4. The highest BCUT2D eigenvalue weighted by atomic mass is 32.1. The predicted octanol–water partition coefficient (Wildman–Crippen LogP) is 3.54. The van der Waals surface area contributed by atoms with Crippen LogP contribution in [0.3, 0.4) is 0 Å². The highest BCUT2D eigenvalue weighted by molar-refractivity contribution is 7.11. The molecule has 0 saturated carbocycles. The van der Waals surface area contributed by atoms with Crippen molar-refractivity contribution < 1.29 is 13.2 Å². The van der Waals surface area contributed by atoms with Gasteiger partial charge in [-0.05, 0) is 35.6 Å². The van der Waals surface area contributed by atoms with Crippen LogP contribution in [0.25, 0.3) is 11.1 Å². The maximum atomic E-state index is 12.1. The van der Waals surface area contributed by atoms with Crippen LogP contribution in [0.2, 0.25) is 0 Å². The van der Waals surface area contributed by atoms with Gasteiger partial charge in [-0.1, -0.05) is 0 Å². The number of nitrogen functional groups attached to an aromatic ring is 1. The summed E-state index contributed by atoms with van der Waals surface area (Å²) in [6.45, 7) is 0.221. The largest absolute Gasteiger partial charge is 0.389 e. The highest BCUT2D eigenvalue weighted by Gasteiger charge is 2.26. The van der Waals surface area contributed by atoms with Crippen LogP contribution in [0, 0.1) is 0 Å². The monoisotopic (exact) mass is 302 g/mol. The summed E-state index contributed by atoms with van der Waals surface area (Å²) in [4.78, 5) is 3.91. The molecule has 0 aliphatic carbocycles. The molecule has 2 aromatic heterocycles. The molecule has 0 aliphatic heterocycles. The van der Waals surface area contributed by atoms with Gasteiger partial charge in [0.05, 0.1) is 5.56 Å². The molecule has 3 N–H and O–H groups in total. The van der Waals surface area contributed by atoms with Crippen LogP contribution >= 0.6 is 11.5 Å². The maximum Gasteiger partial charge on any atom is 0.389 e. The molecule has 2 heterocycles. The van der Waals surface area contributed by atoms with Gasteiger partial charge in [0.2, 0.25) is 0 Å². The second kappa shape index (κ2) is 6.08. The fourth-order valence-corrected chi connectivity index (χ4v) is 2.47. The number of nitrogens with one attached hydrogen (secondary N) is 1. The van der Waals surface area contributed by atoms with Crippen molar-refractivity contribution in [3.05, 3.63) is 24.5 Å². The van der Waals surface area contributed by atoms with Crippen LogP contribution in [0.5, 0.6) is 0 Å². The van der Waals surface area contributed by atoms with Crippen LogP contribution in [0.4, 0.5) is 24.0 Å². The third-order valence-corrected chi connectivity index (χ3v) is 3.43. The molecule has 0 saturated heterocycles. The van der Waals surface area contributed by atoms with E-state index in [0.717, 1.165) is 17.1 Å². The van der Waals surface area contributed by atoms with Crippen LogP contribution in [0.15, 0.2) is 24.5 Å². The first-order valence-corrected chi connectivity index (χ1v) is 6.71. The van der Waals surface area contributed by atoms with Crippen molar-refractivity contribution >= 4 is 22.4 Å². The quantitative estimate of drug-likeness (QED) is 0.829. The van der Waals surface area contributed by atoms with Crippen LogP contribution < -0.4 is 11.1 Å². The first-order chi connectivity index (χ1) is 9.47. The first kappa shape index (κ1) is 14.6. The lowest BCUT2D eigenvalue weighted by Gasteiger charge is -2.08. The smallest absolute Gasteiger partial charge is 0.382 e. The van der Waals surface area contributed by atoms with Gasteiger partial charge in [-0.25, -0.2) is 0 Å². The van der Waals surface area contributed by atoms with Gasteiger partial charge in [0.25, 0.3) is 0 Å². The Morgan fingerprint density at radius 2 is 1.95 bits per heavy atom. The Kier molecular flexibility index (Phi) is 4.43. The minimum Gasteiger partial charge on any atom is -0.382 e. The Morgan fingerprint density at radius 3 is 2.60 bits per heavy atom. The van der Waals surface area contributed by atoms with E-state index in [4.69, 9.17) is 5.73 Å². The molecule has 0 radical (unpaired) electrons. The molecular weight excluding hydrogens is 289 g/mol. The first-order valence-electron chi connectivity index (χ1n) is 5.93. The Morgan fingerprint density at radius 1 is 1.25 bits per heavy atom. The number of hydrogen-bond acceptors (Lipinski definition) is 5. The molecule has 0 unspecified atom stereocenters. The average molecular weight is 302 g/mol. The Bertz CT molecular complexity index is 554. The molecule has 8 heteroatoms. The Hall–Kier alpha value is -1.83. The van der Waals surface area contributed by atoms with Crippen molar-refractivity contribution in [1.29, 1.82) is 0 Å².